The average Bonchev–Trinajstić information content (AvgIpc) is 2.37. The molecule has 1 atom stereocenters. The highest BCUT2D eigenvalue weighted by molar-refractivity contribution is 5.30. The first-order valence-electron chi connectivity index (χ1n) is 7.14. The van der Waals surface area contributed by atoms with Crippen LogP contribution >= 0.6 is 0 Å². The summed E-state index contributed by atoms with van der Waals surface area (Å²) in [6.45, 7) is 3.73. The van der Waals surface area contributed by atoms with Crippen LogP contribution in [0.3, 0.4) is 0 Å². The van der Waals surface area contributed by atoms with E-state index in [4.69, 9.17) is 4.74 Å². The van der Waals surface area contributed by atoms with Crippen LogP contribution in [-0.2, 0) is 10.2 Å². The predicted octanol–water partition coefficient (Wildman–Crippen LogP) is 3.12. The maximum atomic E-state index is 5.53. The molecule has 1 aliphatic carbocycles. The number of nitrogens with one attached hydrogen (secondary N) is 1. The summed E-state index contributed by atoms with van der Waals surface area (Å²) in [7, 11) is 2.08. The molecule has 1 aliphatic rings. The molecule has 1 aromatic rings. The molecule has 0 bridgehead atoms. The van der Waals surface area contributed by atoms with Gasteiger partial charge < -0.3 is 10.1 Å². The first kappa shape index (κ1) is 13.6. The molecule has 0 radical (unpaired) electrons. The van der Waals surface area contributed by atoms with Crippen molar-refractivity contribution in [2.24, 2.45) is 0 Å². The SMILES string of the molecule is CCOCCC(NC)C1(c2ccccc2)CCC1. The number of hydrogen-bond donors (Lipinski definition) is 1. The second kappa shape index (κ2) is 6.35. The predicted molar refractivity (Wildman–Crippen MR) is 75.9 cm³/mol. The zero-order valence-corrected chi connectivity index (χ0v) is 11.6. The van der Waals surface area contributed by atoms with Gasteiger partial charge in [0.15, 0.2) is 0 Å². The van der Waals surface area contributed by atoms with Crippen LogP contribution < -0.4 is 5.32 Å². The first-order valence-corrected chi connectivity index (χ1v) is 7.14. The van der Waals surface area contributed by atoms with E-state index in [1.54, 1.807) is 0 Å². The van der Waals surface area contributed by atoms with Gasteiger partial charge in [0.2, 0.25) is 0 Å². The summed E-state index contributed by atoms with van der Waals surface area (Å²) in [4.78, 5) is 0. The van der Waals surface area contributed by atoms with Gasteiger partial charge in [-0.3, -0.25) is 0 Å². The summed E-state index contributed by atoms with van der Waals surface area (Å²) in [5.41, 5.74) is 1.83. The number of likely N-dealkylation sites (N-methyl/N-ethyl adjacent to an activating group) is 1. The van der Waals surface area contributed by atoms with Crippen LogP contribution in [0.15, 0.2) is 30.3 Å². The quantitative estimate of drug-likeness (QED) is 0.747. The molecule has 1 N–H and O–H groups in total. The minimum atomic E-state index is 0.340. The van der Waals surface area contributed by atoms with E-state index in [0.29, 0.717) is 11.5 Å². The Morgan fingerprint density at radius 2 is 2.00 bits per heavy atom. The van der Waals surface area contributed by atoms with Gasteiger partial charge in [-0.25, -0.2) is 0 Å². The van der Waals surface area contributed by atoms with Crippen LogP contribution in [0.2, 0.25) is 0 Å². The molecular formula is C16H25NO. The fourth-order valence-corrected chi connectivity index (χ4v) is 3.21. The Labute approximate surface area is 111 Å². The van der Waals surface area contributed by atoms with E-state index in [1.165, 1.54) is 24.8 Å². The van der Waals surface area contributed by atoms with Crippen molar-refractivity contribution in [3.63, 3.8) is 0 Å². The molecule has 1 aromatic carbocycles. The molecule has 1 saturated carbocycles. The van der Waals surface area contributed by atoms with Gasteiger partial charge in [0.1, 0.15) is 0 Å². The molecule has 0 heterocycles. The van der Waals surface area contributed by atoms with Crippen molar-refractivity contribution < 1.29 is 4.74 Å². The number of hydrogen-bond acceptors (Lipinski definition) is 2. The monoisotopic (exact) mass is 247 g/mol. The summed E-state index contributed by atoms with van der Waals surface area (Å²) < 4.78 is 5.53. The van der Waals surface area contributed by atoms with Gasteiger partial charge in [0.25, 0.3) is 0 Å². The van der Waals surface area contributed by atoms with Crippen molar-refractivity contribution >= 4 is 0 Å². The topological polar surface area (TPSA) is 21.3 Å². The Morgan fingerprint density at radius 1 is 1.28 bits per heavy atom. The van der Waals surface area contributed by atoms with E-state index in [0.717, 1.165) is 19.6 Å². The molecule has 2 heteroatoms. The van der Waals surface area contributed by atoms with Crippen molar-refractivity contribution in [3.8, 4) is 0 Å². The third kappa shape index (κ3) is 2.60. The number of benzene rings is 1. The molecule has 0 aromatic heterocycles. The maximum absolute atomic E-state index is 5.53. The molecule has 2 nitrogen and oxygen atoms in total. The summed E-state index contributed by atoms with van der Waals surface area (Å²) in [6.07, 6.45) is 5.05. The number of ether oxygens (including phenoxy) is 1. The molecule has 18 heavy (non-hydrogen) atoms. The maximum Gasteiger partial charge on any atom is 0.0481 e. The van der Waals surface area contributed by atoms with Crippen LogP contribution in [0.1, 0.15) is 38.2 Å². The van der Waals surface area contributed by atoms with E-state index in [9.17, 15) is 0 Å². The Balaban J connectivity index is 2.10. The van der Waals surface area contributed by atoms with Gasteiger partial charge >= 0.3 is 0 Å². The lowest BCUT2D eigenvalue weighted by Crippen LogP contribution is -2.52. The van der Waals surface area contributed by atoms with Gasteiger partial charge in [0, 0.05) is 24.7 Å². The fourth-order valence-electron chi connectivity index (χ4n) is 3.21. The summed E-state index contributed by atoms with van der Waals surface area (Å²) >= 11 is 0. The molecular weight excluding hydrogens is 222 g/mol. The summed E-state index contributed by atoms with van der Waals surface area (Å²) in [5.74, 6) is 0. The highest BCUT2D eigenvalue weighted by atomic mass is 16.5. The van der Waals surface area contributed by atoms with Crippen LogP contribution in [0.4, 0.5) is 0 Å². The minimum Gasteiger partial charge on any atom is -0.382 e. The van der Waals surface area contributed by atoms with Crippen molar-refractivity contribution in [1.29, 1.82) is 0 Å². The van der Waals surface area contributed by atoms with Gasteiger partial charge in [0.05, 0.1) is 0 Å². The van der Waals surface area contributed by atoms with E-state index in [2.05, 4.69) is 49.6 Å². The molecule has 0 saturated heterocycles. The Bertz CT molecular complexity index is 345. The molecule has 1 fully saturated rings. The lowest BCUT2D eigenvalue weighted by Gasteiger charge is -2.48. The Morgan fingerprint density at radius 3 is 2.50 bits per heavy atom. The van der Waals surface area contributed by atoms with E-state index >= 15 is 0 Å². The third-order valence-corrected chi connectivity index (χ3v) is 4.36. The summed E-state index contributed by atoms with van der Waals surface area (Å²) in [5, 5.41) is 3.52. The lowest BCUT2D eigenvalue weighted by molar-refractivity contribution is 0.102. The Hall–Kier alpha value is -0.860. The standard InChI is InChI=1S/C16H25NO/c1-3-18-13-10-15(17-2)16(11-7-12-16)14-8-5-4-6-9-14/h4-6,8-9,15,17H,3,7,10-13H2,1-2H3. The highest BCUT2D eigenvalue weighted by Crippen LogP contribution is 2.47. The zero-order valence-electron chi connectivity index (χ0n) is 11.6. The normalized spacial score (nSPS) is 19.2. The zero-order chi connectivity index (χ0) is 12.8. The van der Waals surface area contributed by atoms with E-state index < -0.39 is 0 Å². The second-order valence-corrected chi connectivity index (χ2v) is 5.20. The van der Waals surface area contributed by atoms with Crippen LogP contribution in [0.25, 0.3) is 0 Å². The van der Waals surface area contributed by atoms with Crippen molar-refractivity contribution in [1.82, 2.24) is 5.32 Å². The van der Waals surface area contributed by atoms with E-state index in [-0.39, 0.29) is 0 Å². The Kier molecular flexibility index (Phi) is 4.79. The van der Waals surface area contributed by atoms with Gasteiger partial charge in [-0.2, -0.15) is 0 Å². The van der Waals surface area contributed by atoms with Crippen molar-refractivity contribution in [3.05, 3.63) is 35.9 Å². The highest BCUT2D eigenvalue weighted by Gasteiger charge is 2.44. The minimum absolute atomic E-state index is 0.340. The van der Waals surface area contributed by atoms with Gasteiger partial charge in [-0.15, -0.1) is 0 Å². The largest absolute Gasteiger partial charge is 0.382 e. The molecule has 1 unspecified atom stereocenters. The van der Waals surface area contributed by atoms with Crippen molar-refractivity contribution in [2.45, 2.75) is 44.1 Å². The second-order valence-electron chi connectivity index (χ2n) is 5.20. The summed E-state index contributed by atoms with van der Waals surface area (Å²) in [6, 6.07) is 11.5. The average molecular weight is 247 g/mol. The molecule has 0 spiro atoms. The number of rotatable bonds is 7. The van der Waals surface area contributed by atoms with Crippen LogP contribution in [0.5, 0.6) is 0 Å². The smallest absolute Gasteiger partial charge is 0.0481 e. The molecule has 0 amide bonds. The van der Waals surface area contributed by atoms with Gasteiger partial charge in [-0.05, 0) is 38.8 Å². The van der Waals surface area contributed by atoms with E-state index in [1.807, 2.05) is 0 Å². The van der Waals surface area contributed by atoms with Crippen molar-refractivity contribution in [2.75, 3.05) is 20.3 Å². The first-order chi connectivity index (χ1) is 8.83. The third-order valence-electron chi connectivity index (χ3n) is 4.36. The molecule has 2 rings (SSSR count). The van der Waals surface area contributed by atoms with Crippen LogP contribution in [0, 0.1) is 0 Å². The lowest BCUT2D eigenvalue weighted by atomic mass is 9.59. The fraction of sp³-hybridized carbons (Fsp3) is 0.625. The molecule has 100 valence electrons. The van der Waals surface area contributed by atoms with Crippen LogP contribution in [-0.4, -0.2) is 26.3 Å². The van der Waals surface area contributed by atoms with Gasteiger partial charge in [-0.1, -0.05) is 36.8 Å². The molecule has 0 aliphatic heterocycles.